The van der Waals surface area contributed by atoms with Gasteiger partial charge in [-0.25, -0.2) is 0 Å². The first-order valence-corrected chi connectivity index (χ1v) is 6.88. The number of benzene rings is 1. The van der Waals surface area contributed by atoms with E-state index in [1.54, 1.807) is 18.2 Å². The zero-order valence-electron chi connectivity index (χ0n) is 10.5. The Kier molecular flexibility index (Phi) is 4.68. The number of amides is 1. The van der Waals surface area contributed by atoms with Crippen LogP contribution >= 0.6 is 23.2 Å². The lowest BCUT2D eigenvalue weighted by Gasteiger charge is -2.24. The molecule has 2 atom stereocenters. The second-order valence-electron chi connectivity index (χ2n) is 4.61. The molecule has 1 aliphatic rings. The van der Waals surface area contributed by atoms with Gasteiger partial charge in [0.05, 0.1) is 21.9 Å². The van der Waals surface area contributed by atoms with Gasteiger partial charge in [0.25, 0.3) is 0 Å². The molecular formula is C14H13Cl2NO3. The van der Waals surface area contributed by atoms with Crippen LogP contribution in [0.2, 0.25) is 10.0 Å². The van der Waals surface area contributed by atoms with E-state index < -0.39 is 17.8 Å². The van der Waals surface area contributed by atoms with E-state index in [2.05, 4.69) is 5.32 Å². The zero-order chi connectivity index (χ0) is 14.7. The number of hydrogen-bond donors (Lipinski definition) is 2. The maximum atomic E-state index is 12.2. The van der Waals surface area contributed by atoms with Crippen molar-refractivity contribution in [3.8, 4) is 0 Å². The molecule has 0 saturated heterocycles. The molecule has 0 unspecified atom stereocenters. The van der Waals surface area contributed by atoms with E-state index in [0.29, 0.717) is 28.6 Å². The molecular weight excluding hydrogens is 301 g/mol. The summed E-state index contributed by atoms with van der Waals surface area (Å²) in [5.74, 6) is -2.54. The molecule has 0 radical (unpaired) electrons. The number of allylic oxidation sites excluding steroid dienone is 2. The molecule has 6 heteroatoms. The van der Waals surface area contributed by atoms with Crippen LogP contribution < -0.4 is 5.32 Å². The highest BCUT2D eigenvalue weighted by atomic mass is 35.5. The first-order chi connectivity index (χ1) is 9.49. The lowest BCUT2D eigenvalue weighted by atomic mass is 9.82. The maximum absolute atomic E-state index is 12.2. The van der Waals surface area contributed by atoms with Crippen molar-refractivity contribution in [2.24, 2.45) is 11.8 Å². The summed E-state index contributed by atoms with van der Waals surface area (Å²) < 4.78 is 0. The zero-order valence-corrected chi connectivity index (χ0v) is 12.0. The number of aliphatic carboxylic acids is 1. The van der Waals surface area contributed by atoms with Crippen LogP contribution in [0.4, 0.5) is 5.69 Å². The fourth-order valence-corrected chi connectivity index (χ4v) is 2.48. The Balaban J connectivity index is 2.12. The Morgan fingerprint density at radius 2 is 1.75 bits per heavy atom. The Hall–Kier alpha value is -1.52. The first-order valence-electron chi connectivity index (χ1n) is 6.12. The topological polar surface area (TPSA) is 66.4 Å². The lowest BCUT2D eigenvalue weighted by Crippen LogP contribution is -2.34. The molecule has 0 heterocycles. The van der Waals surface area contributed by atoms with Gasteiger partial charge in [-0.15, -0.1) is 0 Å². The van der Waals surface area contributed by atoms with Crippen LogP contribution in [0.5, 0.6) is 0 Å². The van der Waals surface area contributed by atoms with Crippen molar-refractivity contribution in [3.63, 3.8) is 0 Å². The van der Waals surface area contributed by atoms with Crippen LogP contribution in [0.15, 0.2) is 30.4 Å². The lowest BCUT2D eigenvalue weighted by molar-refractivity contribution is -0.146. The molecule has 0 aromatic heterocycles. The van der Waals surface area contributed by atoms with E-state index in [4.69, 9.17) is 28.3 Å². The summed E-state index contributed by atoms with van der Waals surface area (Å²) >= 11 is 11.7. The van der Waals surface area contributed by atoms with Crippen LogP contribution in [0.25, 0.3) is 0 Å². The average molecular weight is 314 g/mol. The number of carboxylic acid groups (broad SMARTS) is 1. The fourth-order valence-electron chi connectivity index (χ4n) is 2.19. The third kappa shape index (κ3) is 3.32. The number of carboxylic acids is 1. The number of carbonyl (C=O) groups excluding carboxylic acids is 1. The predicted octanol–water partition coefficient (Wildman–Crippen LogP) is 3.60. The molecule has 1 aliphatic carbocycles. The fraction of sp³-hybridized carbons (Fsp3) is 0.286. The van der Waals surface area contributed by atoms with Gasteiger partial charge in [0.2, 0.25) is 5.91 Å². The summed E-state index contributed by atoms with van der Waals surface area (Å²) in [6, 6.07) is 4.74. The number of nitrogens with one attached hydrogen (secondary N) is 1. The third-order valence-electron chi connectivity index (χ3n) is 3.27. The van der Waals surface area contributed by atoms with Crippen LogP contribution in [0, 0.1) is 11.8 Å². The highest BCUT2D eigenvalue weighted by Crippen LogP contribution is 2.29. The molecule has 0 saturated carbocycles. The number of hydrogen-bond acceptors (Lipinski definition) is 2. The van der Waals surface area contributed by atoms with Gasteiger partial charge in [-0.3, -0.25) is 9.59 Å². The molecule has 4 nitrogen and oxygen atoms in total. The molecule has 0 bridgehead atoms. The third-order valence-corrected chi connectivity index (χ3v) is 4.01. The summed E-state index contributed by atoms with van der Waals surface area (Å²) in [6.07, 6.45) is 4.42. The highest BCUT2D eigenvalue weighted by molar-refractivity contribution is 6.42. The van der Waals surface area contributed by atoms with E-state index >= 15 is 0 Å². The first kappa shape index (κ1) is 14.9. The second-order valence-corrected chi connectivity index (χ2v) is 5.43. The average Bonchev–Trinajstić information content (AvgIpc) is 2.43. The normalized spacial score (nSPS) is 21.5. The number of rotatable bonds is 3. The van der Waals surface area contributed by atoms with E-state index in [0.717, 1.165) is 0 Å². The molecule has 0 spiro atoms. The van der Waals surface area contributed by atoms with Gasteiger partial charge in [-0.05, 0) is 31.0 Å². The van der Waals surface area contributed by atoms with Crippen molar-refractivity contribution in [2.75, 3.05) is 5.32 Å². The van der Waals surface area contributed by atoms with Gasteiger partial charge in [0.15, 0.2) is 0 Å². The number of carbonyl (C=O) groups is 2. The predicted molar refractivity (Wildman–Crippen MR) is 78.1 cm³/mol. The van der Waals surface area contributed by atoms with Crippen molar-refractivity contribution in [2.45, 2.75) is 12.8 Å². The van der Waals surface area contributed by atoms with Gasteiger partial charge in [0.1, 0.15) is 0 Å². The molecule has 2 N–H and O–H groups in total. The molecule has 1 aromatic carbocycles. The minimum absolute atomic E-state index is 0.319. The number of halogens is 2. The Morgan fingerprint density at radius 1 is 1.10 bits per heavy atom. The summed E-state index contributed by atoms with van der Waals surface area (Å²) in [6.45, 7) is 0. The van der Waals surface area contributed by atoms with Gasteiger partial charge in [-0.1, -0.05) is 35.4 Å². The molecule has 1 aromatic rings. The minimum Gasteiger partial charge on any atom is -0.481 e. The molecule has 20 heavy (non-hydrogen) atoms. The molecule has 2 rings (SSSR count). The molecule has 106 valence electrons. The second kappa shape index (κ2) is 6.29. The SMILES string of the molecule is O=C(O)[C@H]1CC=CC[C@@H]1C(=O)Nc1ccc(Cl)c(Cl)c1. The maximum Gasteiger partial charge on any atom is 0.307 e. The van der Waals surface area contributed by atoms with Crippen molar-refractivity contribution >= 4 is 40.8 Å². The molecule has 0 fully saturated rings. The quantitative estimate of drug-likeness (QED) is 0.838. The van der Waals surface area contributed by atoms with Gasteiger partial charge < -0.3 is 10.4 Å². The van der Waals surface area contributed by atoms with E-state index in [9.17, 15) is 9.59 Å². The molecule has 1 amide bonds. The van der Waals surface area contributed by atoms with Gasteiger partial charge in [0, 0.05) is 5.69 Å². The smallest absolute Gasteiger partial charge is 0.307 e. The molecule has 0 aliphatic heterocycles. The van der Waals surface area contributed by atoms with Crippen molar-refractivity contribution < 1.29 is 14.7 Å². The summed E-state index contributed by atoms with van der Waals surface area (Å²) in [5, 5.41) is 12.6. The Bertz CT molecular complexity index is 572. The monoisotopic (exact) mass is 313 g/mol. The summed E-state index contributed by atoms with van der Waals surface area (Å²) in [4.78, 5) is 23.4. The number of anilines is 1. The van der Waals surface area contributed by atoms with Crippen LogP contribution in [-0.4, -0.2) is 17.0 Å². The van der Waals surface area contributed by atoms with Crippen LogP contribution in [0.1, 0.15) is 12.8 Å². The van der Waals surface area contributed by atoms with E-state index in [-0.39, 0.29) is 5.91 Å². The largest absolute Gasteiger partial charge is 0.481 e. The van der Waals surface area contributed by atoms with E-state index in [1.807, 2.05) is 6.08 Å². The van der Waals surface area contributed by atoms with E-state index in [1.165, 1.54) is 6.07 Å². The summed E-state index contributed by atoms with van der Waals surface area (Å²) in [5.41, 5.74) is 0.503. The van der Waals surface area contributed by atoms with Crippen molar-refractivity contribution in [3.05, 3.63) is 40.4 Å². The highest BCUT2D eigenvalue weighted by Gasteiger charge is 2.33. The van der Waals surface area contributed by atoms with Crippen LogP contribution in [0.3, 0.4) is 0 Å². The standard InChI is InChI=1S/C14H13Cl2NO3/c15-11-6-5-8(7-12(11)16)17-13(18)9-3-1-2-4-10(9)14(19)20/h1-2,5-7,9-10H,3-4H2,(H,17,18)(H,19,20)/t9-,10-/m0/s1. The summed E-state index contributed by atoms with van der Waals surface area (Å²) in [7, 11) is 0. The Labute approximate surface area is 126 Å². The van der Waals surface area contributed by atoms with Crippen molar-refractivity contribution in [1.82, 2.24) is 0 Å². The Morgan fingerprint density at radius 3 is 2.35 bits per heavy atom. The minimum atomic E-state index is -0.955. The van der Waals surface area contributed by atoms with Gasteiger partial charge in [-0.2, -0.15) is 0 Å². The van der Waals surface area contributed by atoms with Gasteiger partial charge >= 0.3 is 5.97 Å². The van der Waals surface area contributed by atoms with Crippen LogP contribution in [-0.2, 0) is 9.59 Å². The van der Waals surface area contributed by atoms with Crippen molar-refractivity contribution in [1.29, 1.82) is 0 Å².